The van der Waals surface area contributed by atoms with Crippen molar-refractivity contribution in [3.05, 3.63) is 119 Å². The van der Waals surface area contributed by atoms with Crippen LogP contribution in [0.15, 0.2) is 97.1 Å². The maximum Gasteiger partial charge on any atom is 0.248 e. The second-order valence-electron chi connectivity index (χ2n) is 11.3. The van der Waals surface area contributed by atoms with Gasteiger partial charge in [-0.3, -0.25) is 14.5 Å². The van der Waals surface area contributed by atoms with Gasteiger partial charge in [0.25, 0.3) is 0 Å². The average molecular weight is 640 g/mol. The number of rotatable bonds is 15. The Balaban J connectivity index is 1.28. The number of nitrogens with zero attached hydrogens (tertiary/aromatic N) is 1. The van der Waals surface area contributed by atoms with E-state index in [1.165, 1.54) is 0 Å². The smallest absolute Gasteiger partial charge is 0.248 e. The van der Waals surface area contributed by atoms with Gasteiger partial charge in [0, 0.05) is 11.3 Å². The zero-order chi connectivity index (χ0) is 32.5. The number of thioether (sulfide) groups is 1. The molecule has 1 aliphatic heterocycles. The molecule has 1 heterocycles. The fraction of sp³-hybridized carbons (Fsp3) is 0.297. The normalized spacial score (nSPS) is 17.6. The highest BCUT2D eigenvalue weighted by Crippen LogP contribution is 2.52. The van der Waals surface area contributed by atoms with Gasteiger partial charge < -0.3 is 25.3 Å². The summed E-state index contributed by atoms with van der Waals surface area (Å²) in [6.07, 6.45) is 1.44. The molecule has 0 aromatic heterocycles. The SMILES string of the molecule is CCOc1cc(CCNCC[C@@]2(C)S[C@@H](c3ccc(OCc4ccccc4)cc3)N(c3cccc(C(N)=O)c3)C2=O)ccc1OC. The first-order chi connectivity index (χ1) is 22.3. The lowest BCUT2D eigenvalue weighted by Gasteiger charge is -2.25. The highest BCUT2D eigenvalue weighted by Gasteiger charge is 2.50. The Morgan fingerprint density at radius 3 is 2.41 bits per heavy atom. The predicted octanol–water partition coefficient (Wildman–Crippen LogP) is 6.53. The Morgan fingerprint density at radius 2 is 1.70 bits per heavy atom. The number of nitrogens with one attached hydrogen (secondary N) is 1. The van der Waals surface area contributed by atoms with Crippen LogP contribution in [0.5, 0.6) is 17.2 Å². The van der Waals surface area contributed by atoms with Gasteiger partial charge in [0.2, 0.25) is 11.8 Å². The van der Waals surface area contributed by atoms with Crippen molar-refractivity contribution < 1.29 is 23.8 Å². The number of methoxy groups -OCH3 is 1. The van der Waals surface area contributed by atoms with E-state index in [-0.39, 0.29) is 11.3 Å². The first-order valence-corrected chi connectivity index (χ1v) is 16.4. The summed E-state index contributed by atoms with van der Waals surface area (Å²) in [5.74, 6) is 1.67. The molecule has 1 saturated heterocycles. The van der Waals surface area contributed by atoms with E-state index in [9.17, 15) is 9.59 Å². The van der Waals surface area contributed by atoms with Crippen molar-refractivity contribution in [3.8, 4) is 17.2 Å². The van der Waals surface area contributed by atoms with Crippen molar-refractivity contribution in [1.82, 2.24) is 5.32 Å². The van der Waals surface area contributed by atoms with Crippen LogP contribution in [0.2, 0.25) is 0 Å². The third kappa shape index (κ3) is 7.84. The number of hydrogen-bond acceptors (Lipinski definition) is 7. The summed E-state index contributed by atoms with van der Waals surface area (Å²) in [5, 5.41) is 3.23. The van der Waals surface area contributed by atoms with Crippen LogP contribution in [0.25, 0.3) is 0 Å². The Labute approximate surface area is 275 Å². The van der Waals surface area contributed by atoms with Crippen LogP contribution in [0.4, 0.5) is 5.69 Å². The summed E-state index contributed by atoms with van der Waals surface area (Å²) < 4.78 is 16.4. The van der Waals surface area contributed by atoms with E-state index in [0.29, 0.717) is 37.4 Å². The summed E-state index contributed by atoms with van der Waals surface area (Å²) in [7, 11) is 1.64. The number of benzene rings is 4. The molecule has 2 atom stereocenters. The number of nitrogens with two attached hydrogens (primary N) is 1. The Bertz CT molecular complexity index is 1630. The van der Waals surface area contributed by atoms with E-state index in [1.54, 1.807) is 42.0 Å². The molecule has 0 saturated carbocycles. The summed E-state index contributed by atoms with van der Waals surface area (Å²) >= 11 is 1.62. The minimum absolute atomic E-state index is 0.00756. The highest BCUT2D eigenvalue weighted by molar-refractivity contribution is 8.02. The van der Waals surface area contributed by atoms with E-state index in [2.05, 4.69) is 5.32 Å². The van der Waals surface area contributed by atoms with Gasteiger partial charge in [-0.25, -0.2) is 0 Å². The summed E-state index contributed by atoms with van der Waals surface area (Å²) in [6.45, 7) is 6.41. The quantitative estimate of drug-likeness (QED) is 0.143. The molecule has 0 aliphatic carbocycles. The molecule has 4 aromatic rings. The molecule has 8 nitrogen and oxygen atoms in total. The average Bonchev–Trinajstić information content (AvgIpc) is 3.34. The number of primary amides is 1. The number of anilines is 1. The van der Waals surface area contributed by atoms with E-state index < -0.39 is 10.7 Å². The minimum Gasteiger partial charge on any atom is -0.493 e. The fourth-order valence-corrected chi connectivity index (χ4v) is 6.98. The van der Waals surface area contributed by atoms with Crippen molar-refractivity contribution in [2.45, 2.75) is 43.4 Å². The van der Waals surface area contributed by atoms with Gasteiger partial charge >= 0.3 is 0 Å². The Kier molecular flexibility index (Phi) is 10.9. The van der Waals surface area contributed by atoms with Crippen molar-refractivity contribution in [3.63, 3.8) is 0 Å². The first kappa shape index (κ1) is 32.9. The van der Waals surface area contributed by atoms with Gasteiger partial charge in [-0.05, 0) is 98.9 Å². The minimum atomic E-state index is -0.689. The maximum absolute atomic E-state index is 14.2. The molecule has 5 rings (SSSR count). The molecule has 1 fully saturated rings. The molecule has 4 aromatic carbocycles. The van der Waals surface area contributed by atoms with Gasteiger partial charge in [0.15, 0.2) is 11.5 Å². The van der Waals surface area contributed by atoms with Crippen LogP contribution >= 0.6 is 11.8 Å². The predicted molar refractivity (Wildman–Crippen MR) is 184 cm³/mol. The summed E-state index contributed by atoms with van der Waals surface area (Å²) in [4.78, 5) is 28.0. The summed E-state index contributed by atoms with van der Waals surface area (Å²) in [5.41, 5.74) is 9.80. The van der Waals surface area contributed by atoms with Crippen LogP contribution < -0.4 is 30.2 Å². The molecular weight excluding hydrogens is 598 g/mol. The number of carbonyl (C=O) groups excluding carboxylic acids is 2. The molecule has 1 aliphatic rings. The van der Waals surface area contributed by atoms with Crippen LogP contribution in [-0.2, 0) is 17.8 Å². The number of carbonyl (C=O) groups is 2. The van der Waals surface area contributed by atoms with Crippen molar-refractivity contribution >= 4 is 29.3 Å². The van der Waals surface area contributed by atoms with Gasteiger partial charge in [0.05, 0.1) is 18.5 Å². The standard InChI is InChI=1S/C37H41N3O5S/c1-4-44-33-23-26(13-18-32(33)43-3)19-21-39-22-20-37(2)36(42)40(30-12-8-11-29(24-30)34(38)41)35(46-37)28-14-16-31(17-15-28)45-25-27-9-6-5-7-10-27/h5-18,23-24,35,39H,4,19-22,25H2,1-3H3,(H2,38,41)/t35-,37+/m0/s1. The molecular formula is C37H41N3O5S. The molecule has 46 heavy (non-hydrogen) atoms. The van der Waals surface area contributed by atoms with Crippen LogP contribution in [-0.4, -0.2) is 43.4 Å². The maximum atomic E-state index is 14.2. The molecule has 0 spiro atoms. The van der Waals surface area contributed by atoms with Crippen LogP contribution in [0.3, 0.4) is 0 Å². The van der Waals surface area contributed by atoms with E-state index >= 15 is 0 Å². The van der Waals surface area contributed by atoms with Crippen molar-refractivity contribution in [2.75, 3.05) is 31.7 Å². The molecule has 0 radical (unpaired) electrons. The van der Waals surface area contributed by atoms with Crippen molar-refractivity contribution in [1.29, 1.82) is 0 Å². The van der Waals surface area contributed by atoms with E-state index in [1.807, 2.05) is 92.7 Å². The largest absolute Gasteiger partial charge is 0.493 e. The highest BCUT2D eigenvalue weighted by atomic mass is 32.2. The molecule has 3 N–H and O–H groups in total. The van der Waals surface area contributed by atoms with Gasteiger partial charge in [0.1, 0.15) is 17.7 Å². The first-order valence-electron chi connectivity index (χ1n) is 15.5. The van der Waals surface area contributed by atoms with Crippen molar-refractivity contribution in [2.24, 2.45) is 5.73 Å². The van der Waals surface area contributed by atoms with Crippen LogP contribution in [0, 0.1) is 0 Å². The van der Waals surface area contributed by atoms with Gasteiger partial charge in [-0.1, -0.05) is 54.6 Å². The number of ether oxygens (including phenoxy) is 3. The third-order valence-corrected chi connectivity index (χ3v) is 9.60. The van der Waals surface area contributed by atoms with Crippen LogP contribution in [0.1, 0.15) is 52.7 Å². The third-order valence-electron chi connectivity index (χ3n) is 8.00. The zero-order valence-electron chi connectivity index (χ0n) is 26.5. The lowest BCUT2D eigenvalue weighted by molar-refractivity contribution is -0.120. The van der Waals surface area contributed by atoms with Gasteiger partial charge in [-0.15, -0.1) is 11.8 Å². The lowest BCUT2D eigenvalue weighted by Crippen LogP contribution is -2.39. The number of hydrogen-bond donors (Lipinski definition) is 2. The molecule has 0 bridgehead atoms. The second-order valence-corrected chi connectivity index (χ2v) is 12.9. The van der Waals surface area contributed by atoms with E-state index in [0.717, 1.165) is 46.9 Å². The van der Waals surface area contributed by atoms with E-state index in [4.69, 9.17) is 19.9 Å². The topological polar surface area (TPSA) is 103 Å². The fourth-order valence-electron chi connectivity index (χ4n) is 5.45. The molecule has 0 unspecified atom stereocenters. The second kappa shape index (κ2) is 15.2. The summed E-state index contributed by atoms with van der Waals surface area (Å²) in [6, 6.07) is 30.9. The Morgan fingerprint density at radius 1 is 0.913 bits per heavy atom. The zero-order valence-corrected chi connectivity index (χ0v) is 27.3. The number of amides is 2. The molecule has 240 valence electrons. The molecule has 2 amide bonds. The molecule has 9 heteroatoms. The monoisotopic (exact) mass is 639 g/mol. The lowest BCUT2D eigenvalue weighted by atomic mass is 10.0. The Hall–Kier alpha value is -4.47. The van der Waals surface area contributed by atoms with Gasteiger partial charge in [-0.2, -0.15) is 0 Å².